The van der Waals surface area contributed by atoms with Crippen molar-refractivity contribution in [3.05, 3.63) is 35.1 Å². The van der Waals surface area contributed by atoms with Crippen molar-refractivity contribution in [1.29, 1.82) is 0 Å². The highest BCUT2D eigenvalue weighted by molar-refractivity contribution is 5.94. The van der Waals surface area contributed by atoms with Crippen LogP contribution in [0.2, 0.25) is 0 Å². The largest absolute Gasteiger partial charge is 0.339 e. The molecule has 1 aliphatic carbocycles. The van der Waals surface area contributed by atoms with E-state index in [2.05, 4.69) is 6.92 Å². The number of benzene rings is 1. The van der Waals surface area contributed by atoms with Crippen molar-refractivity contribution in [3.63, 3.8) is 0 Å². The second-order valence-corrected chi connectivity index (χ2v) is 5.60. The Labute approximate surface area is 116 Å². The Morgan fingerprint density at radius 1 is 1.20 bits per heavy atom. The van der Waals surface area contributed by atoms with Crippen LogP contribution in [0.1, 0.15) is 43.0 Å². The summed E-state index contributed by atoms with van der Waals surface area (Å²) in [4.78, 5) is 13.8. The number of carbonyl (C=O) groups excluding carboxylic acids is 1. The molecule has 0 spiro atoms. The van der Waals surface area contributed by atoms with Crippen LogP contribution in [0, 0.1) is 23.4 Å². The summed E-state index contributed by atoms with van der Waals surface area (Å²) in [5, 5.41) is 0. The van der Waals surface area contributed by atoms with Crippen molar-refractivity contribution < 1.29 is 18.0 Å². The summed E-state index contributed by atoms with van der Waals surface area (Å²) in [7, 11) is 1.63. The highest BCUT2D eigenvalue weighted by Gasteiger charge is 2.27. The molecule has 0 radical (unpaired) electrons. The first-order valence-electron chi connectivity index (χ1n) is 6.82. The first-order chi connectivity index (χ1) is 9.40. The molecule has 2 nitrogen and oxygen atoms in total. The minimum atomic E-state index is -1.55. The van der Waals surface area contributed by atoms with Gasteiger partial charge in [-0.15, -0.1) is 0 Å². The molecule has 5 heteroatoms. The Bertz CT molecular complexity index is 495. The number of carbonyl (C=O) groups is 1. The minimum Gasteiger partial charge on any atom is -0.339 e. The predicted molar refractivity (Wildman–Crippen MR) is 69.8 cm³/mol. The standard InChI is InChI=1S/C15H18F3NO/c1-9-4-3-5-11(6-9)19(2)15(20)10-7-12(16)14(18)13(17)8-10/h7-9,11H,3-6H2,1-2H3. The second kappa shape index (κ2) is 5.85. The molecule has 1 aliphatic rings. The van der Waals surface area contributed by atoms with E-state index in [0.29, 0.717) is 5.92 Å². The van der Waals surface area contributed by atoms with Gasteiger partial charge in [-0.25, -0.2) is 13.2 Å². The Kier molecular flexibility index (Phi) is 4.35. The molecule has 0 aromatic heterocycles. The fourth-order valence-corrected chi connectivity index (χ4v) is 2.80. The number of halogens is 3. The lowest BCUT2D eigenvalue weighted by Crippen LogP contribution is -2.39. The van der Waals surface area contributed by atoms with Crippen LogP contribution in [0.15, 0.2) is 12.1 Å². The smallest absolute Gasteiger partial charge is 0.254 e. The zero-order valence-electron chi connectivity index (χ0n) is 11.6. The summed E-state index contributed by atoms with van der Waals surface area (Å²) in [5.41, 5.74) is -0.151. The van der Waals surface area contributed by atoms with Crippen LogP contribution in [-0.4, -0.2) is 23.9 Å². The highest BCUT2D eigenvalue weighted by Crippen LogP contribution is 2.27. The number of rotatable bonds is 2. The minimum absolute atomic E-state index is 0.0717. The molecule has 1 aromatic carbocycles. The van der Waals surface area contributed by atoms with Gasteiger partial charge >= 0.3 is 0 Å². The van der Waals surface area contributed by atoms with Crippen molar-refractivity contribution in [2.24, 2.45) is 5.92 Å². The average molecular weight is 285 g/mol. The summed E-state index contributed by atoms with van der Waals surface area (Å²) in [6, 6.07) is 1.58. The summed E-state index contributed by atoms with van der Waals surface area (Å²) < 4.78 is 39.3. The molecule has 0 saturated heterocycles. The molecule has 1 fully saturated rings. The quantitative estimate of drug-likeness (QED) is 0.758. The molecule has 20 heavy (non-hydrogen) atoms. The van der Waals surface area contributed by atoms with Crippen molar-refractivity contribution >= 4 is 5.91 Å². The molecule has 2 rings (SSSR count). The maximum absolute atomic E-state index is 13.2. The molecular weight excluding hydrogens is 267 g/mol. The Hall–Kier alpha value is -1.52. The zero-order valence-corrected chi connectivity index (χ0v) is 11.6. The maximum atomic E-state index is 13.2. The van der Waals surface area contributed by atoms with Gasteiger partial charge in [0.15, 0.2) is 17.5 Å². The van der Waals surface area contributed by atoms with Crippen molar-refractivity contribution in [2.45, 2.75) is 38.6 Å². The van der Waals surface area contributed by atoms with Crippen molar-refractivity contribution in [2.75, 3.05) is 7.05 Å². The maximum Gasteiger partial charge on any atom is 0.254 e. The molecule has 1 amide bonds. The van der Waals surface area contributed by atoms with E-state index in [1.165, 1.54) is 4.90 Å². The lowest BCUT2D eigenvalue weighted by Gasteiger charge is -2.34. The van der Waals surface area contributed by atoms with Gasteiger partial charge in [0.25, 0.3) is 5.91 Å². The van der Waals surface area contributed by atoms with E-state index in [1.807, 2.05) is 0 Å². The van der Waals surface area contributed by atoms with Gasteiger partial charge in [0.2, 0.25) is 0 Å². The second-order valence-electron chi connectivity index (χ2n) is 5.60. The monoisotopic (exact) mass is 285 g/mol. The highest BCUT2D eigenvalue weighted by atomic mass is 19.2. The Morgan fingerprint density at radius 3 is 2.35 bits per heavy atom. The fourth-order valence-electron chi connectivity index (χ4n) is 2.80. The number of amides is 1. The first kappa shape index (κ1) is 14.9. The third-order valence-corrected chi connectivity index (χ3v) is 4.01. The Morgan fingerprint density at radius 2 is 1.80 bits per heavy atom. The first-order valence-corrected chi connectivity index (χ1v) is 6.82. The molecule has 1 aromatic rings. The Balaban J connectivity index is 2.18. The SMILES string of the molecule is CC1CCCC(N(C)C(=O)c2cc(F)c(F)c(F)c2)C1. The molecule has 0 bridgehead atoms. The fraction of sp³-hybridized carbons (Fsp3) is 0.533. The van der Waals surface area contributed by atoms with Gasteiger partial charge in [-0.05, 0) is 30.9 Å². The summed E-state index contributed by atoms with van der Waals surface area (Å²) >= 11 is 0. The molecule has 2 atom stereocenters. The summed E-state index contributed by atoms with van der Waals surface area (Å²) in [6.07, 6.45) is 3.95. The third-order valence-electron chi connectivity index (χ3n) is 4.01. The van der Waals surface area contributed by atoms with Crippen molar-refractivity contribution in [3.8, 4) is 0 Å². The van der Waals surface area contributed by atoms with Crippen molar-refractivity contribution in [1.82, 2.24) is 4.90 Å². The number of nitrogens with zero attached hydrogens (tertiary/aromatic N) is 1. The molecule has 2 unspecified atom stereocenters. The number of hydrogen-bond acceptors (Lipinski definition) is 1. The normalized spacial score (nSPS) is 22.6. The molecule has 0 heterocycles. The third kappa shape index (κ3) is 2.97. The van der Waals surface area contributed by atoms with Gasteiger partial charge in [0.05, 0.1) is 0 Å². The van der Waals surface area contributed by atoms with Gasteiger partial charge in [0, 0.05) is 18.7 Å². The van der Waals surface area contributed by atoms with Crippen LogP contribution < -0.4 is 0 Å². The van der Waals surface area contributed by atoms with E-state index in [1.54, 1.807) is 7.05 Å². The van der Waals surface area contributed by atoms with Gasteiger partial charge in [-0.1, -0.05) is 19.8 Å². The lowest BCUT2D eigenvalue weighted by atomic mass is 9.86. The van der Waals surface area contributed by atoms with Crippen LogP contribution in [0.5, 0.6) is 0 Å². The van der Waals surface area contributed by atoms with Crippen LogP contribution >= 0.6 is 0 Å². The zero-order chi connectivity index (χ0) is 14.9. The topological polar surface area (TPSA) is 20.3 Å². The van der Waals surface area contributed by atoms with Gasteiger partial charge < -0.3 is 4.90 Å². The van der Waals surface area contributed by atoms with E-state index in [-0.39, 0.29) is 11.6 Å². The van der Waals surface area contributed by atoms with E-state index in [4.69, 9.17) is 0 Å². The van der Waals surface area contributed by atoms with E-state index in [9.17, 15) is 18.0 Å². The number of hydrogen-bond donors (Lipinski definition) is 0. The molecule has 0 aliphatic heterocycles. The van der Waals surface area contributed by atoms with E-state index < -0.39 is 23.4 Å². The van der Waals surface area contributed by atoms with Gasteiger partial charge in [-0.3, -0.25) is 4.79 Å². The van der Waals surface area contributed by atoms with Gasteiger partial charge in [0.1, 0.15) is 0 Å². The van der Waals surface area contributed by atoms with Crippen LogP contribution in [-0.2, 0) is 0 Å². The van der Waals surface area contributed by atoms with E-state index >= 15 is 0 Å². The van der Waals surface area contributed by atoms with Crippen LogP contribution in [0.3, 0.4) is 0 Å². The average Bonchev–Trinajstić information content (AvgIpc) is 2.42. The lowest BCUT2D eigenvalue weighted by molar-refractivity contribution is 0.0671. The van der Waals surface area contributed by atoms with Crippen LogP contribution in [0.4, 0.5) is 13.2 Å². The summed E-state index contributed by atoms with van der Waals surface area (Å²) in [5.74, 6) is -4.15. The molecule has 1 saturated carbocycles. The van der Waals surface area contributed by atoms with Gasteiger partial charge in [-0.2, -0.15) is 0 Å². The van der Waals surface area contributed by atoms with Crippen LogP contribution in [0.25, 0.3) is 0 Å². The molecular formula is C15H18F3NO. The van der Waals surface area contributed by atoms with E-state index in [0.717, 1.165) is 37.8 Å². The molecule has 110 valence electrons. The predicted octanol–water partition coefficient (Wildman–Crippen LogP) is 3.75. The summed E-state index contributed by atoms with van der Waals surface area (Å²) in [6.45, 7) is 2.13. The molecule has 0 N–H and O–H groups in total.